The number of benzene rings is 1. The summed E-state index contributed by atoms with van der Waals surface area (Å²) in [7, 11) is -3.18. The van der Waals surface area contributed by atoms with Crippen LogP contribution in [0.15, 0.2) is 53.3 Å². The van der Waals surface area contributed by atoms with Crippen LogP contribution in [0, 0.1) is 0 Å². The summed E-state index contributed by atoms with van der Waals surface area (Å²) in [4.78, 5) is 29.7. The first kappa shape index (κ1) is 19.3. The minimum absolute atomic E-state index is 0.0364. The summed E-state index contributed by atoms with van der Waals surface area (Å²) in [6.07, 6.45) is 3.38. The summed E-state index contributed by atoms with van der Waals surface area (Å²) in [5, 5.41) is 0.708. The van der Waals surface area contributed by atoms with Crippen LogP contribution < -0.4 is 0 Å². The molecule has 1 N–H and O–H groups in total. The first-order chi connectivity index (χ1) is 13.9. The summed E-state index contributed by atoms with van der Waals surface area (Å²) >= 11 is 0. The molecule has 1 aromatic carbocycles. The Morgan fingerprint density at radius 2 is 2.03 bits per heavy atom. The number of fused-ring (bicyclic) bond motifs is 1. The van der Waals surface area contributed by atoms with E-state index in [9.17, 15) is 18.0 Å². The highest BCUT2D eigenvalue weighted by Crippen LogP contribution is 2.22. The summed E-state index contributed by atoms with van der Waals surface area (Å²) in [6.45, 7) is -0.355. The van der Waals surface area contributed by atoms with Crippen molar-refractivity contribution < 1.29 is 27.2 Å². The molecule has 1 aliphatic heterocycles. The van der Waals surface area contributed by atoms with Crippen LogP contribution in [-0.2, 0) is 25.9 Å². The van der Waals surface area contributed by atoms with Gasteiger partial charge in [-0.15, -0.1) is 0 Å². The van der Waals surface area contributed by atoms with E-state index in [1.54, 1.807) is 24.4 Å². The second-order valence-corrected chi connectivity index (χ2v) is 9.21. The second kappa shape index (κ2) is 7.75. The van der Waals surface area contributed by atoms with Gasteiger partial charge in [-0.3, -0.25) is 4.79 Å². The first-order valence-electron chi connectivity index (χ1n) is 9.18. The fourth-order valence-corrected chi connectivity index (χ4v) is 5.27. The van der Waals surface area contributed by atoms with Crippen molar-refractivity contribution in [1.29, 1.82) is 0 Å². The highest BCUT2D eigenvalue weighted by Gasteiger charge is 2.35. The molecule has 1 atom stereocenters. The first-order valence-corrected chi connectivity index (χ1v) is 11.0. The number of esters is 1. The standard InChI is InChI=1S/C20H20N2O6S/c23-19(12-28-20(24)17-10-21-18-6-2-1-5-16(17)18)22(11-15-4-3-8-27-15)14-7-9-29(25,26)13-14/h1-6,8,10,14,21H,7,9,11-13H2/t14-/m1/s1. The molecule has 2 aromatic heterocycles. The van der Waals surface area contributed by atoms with Crippen LogP contribution in [-0.4, -0.2) is 54.3 Å². The van der Waals surface area contributed by atoms with Crippen molar-refractivity contribution in [3.8, 4) is 0 Å². The number of nitrogens with one attached hydrogen (secondary N) is 1. The summed E-state index contributed by atoms with van der Waals surface area (Å²) in [5.41, 5.74) is 1.14. The second-order valence-electron chi connectivity index (χ2n) is 6.98. The lowest BCUT2D eigenvalue weighted by Crippen LogP contribution is -2.42. The smallest absolute Gasteiger partial charge is 0.340 e. The molecule has 1 saturated heterocycles. The van der Waals surface area contributed by atoms with Gasteiger partial charge in [0, 0.05) is 23.1 Å². The Balaban J connectivity index is 1.46. The molecule has 0 unspecified atom stereocenters. The fraction of sp³-hybridized carbons (Fsp3) is 0.300. The number of rotatable bonds is 6. The number of hydrogen-bond donors (Lipinski definition) is 1. The van der Waals surface area contributed by atoms with Crippen molar-refractivity contribution in [2.75, 3.05) is 18.1 Å². The lowest BCUT2D eigenvalue weighted by Gasteiger charge is -2.27. The van der Waals surface area contributed by atoms with Gasteiger partial charge in [0.1, 0.15) is 5.76 Å². The van der Waals surface area contributed by atoms with Gasteiger partial charge in [-0.1, -0.05) is 18.2 Å². The Labute approximate surface area is 167 Å². The average molecular weight is 416 g/mol. The van der Waals surface area contributed by atoms with Crippen LogP contribution in [0.5, 0.6) is 0 Å². The molecule has 4 rings (SSSR count). The summed E-state index contributed by atoms with van der Waals surface area (Å²) in [5.74, 6) is -0.611. The van der Waals surface area contributed by atoms with Gasteiger partial charge in [-0.2, -0.15) is 0 Å². The van der Waals surface area contributed by atoms with Gasteiger partial charge in [0.25, 0.3) is 5.91 Å². The predicted molar refractivity (Wildman–Crippen MR) is 105 cm³/mol. The molecule has 0 radical (unpaired) electrons. The molecule has 0 spiro atoms. The fourth-order valence-electron chi connectivity index (χ4n) is 3.54. The van der Waals surface area contributed by atoms with Crippen molar-refractivity contribution in [2.45, 2.75) is 19.0 Å². The number of furan rings is 1. The zero-order valence-electron chi connectivity index (χ0n) is 15.5. The number of H-pyrrole nitrogens is 1. The number of aromatic nitrogens is 1. The lowest BCUT2D eigenvalue weighted by molar-refractivity contribution is -0.137. The monoisotopic (exact) mass is 416 g/mol. The Hall–Kier alpha value is -3.07. The van der Waals surface area contributed by atoms with Crippen LogP contribution in [0.25, 0.3) is 10.9 Å². The van der Waals surface area contributed by atoms with Crippen LogP contribution in [0.4, 0.5) is 0 Å². The third kappa shape index (κ3) is 4.19. The number of aromatic amines is 1. The molecule has 3 aromatic rings. The number of para-hydroxylation sites is 1. The number of hydrogen-bond acceptors (Lipinski definition) is 6. The normalized spacial score (nSPS) is 18.0. The molecular formula is C20H20N2O6S. The third-order valence-corrected chi connectivity index (χ3v) is 6.76. The van der Waals surface area contributed by atoms with Gasteiger partial charge in [0.15, 0.2) is 16.4 Å². The van der Waals surface area contributed by atoms with E-state index in [4.69, 9.17) is 9.15 Å². The molecule has 152 valence electrons. The van der Waals surface area contributed by atoms with E-state index < -0.39 is 34.4 Å². The van der Waals surface area contributed by atoms with Crippen molar-refractivity contribution >= 4 is 32.6 Å². The quantitative estimate of drug-likeness (QED) is 0.617. The SMILES string of the molecule is O=C(OCC(=O)N(Cc1ccco1)[C@@H]1CCS(=O)(=O)C1)c1c[nH]c2ccccc12. The molecule has 0 bridgehead atoms. The zero-order valence-corrected chi connectivity index (χ0v) is 16.4. The van der Waals surface area contributed by atoms with Crippen molar-refractivity contribution in [3.63, 3.8) is 0 Å². The van der Waals surface area contributed by atoms with Gasteiger partial charge in [-0.05, 0) is 24.6 Å². The van der Waals surface area contributed by atoms with E-state index >= 15 is 0 Å². The van der Waals surface area contributed by atoms with E-state index in [0.29, 0.717) is 23.1 Å². The van der Waals surface area contributed by atoms with Crippen LogP contribution >= 0.6 is 0 Å². The highest BCUT2D eigenvalue weighted by molar-refractivity contribution is 7.91. The van der Waals surface area contributed by atoms with Crippen molar-refractivity contribution in [1.82, 2.24) is 9.88 Å². The van der Waals surface area contributed by atoms with E-state index in [-0.39, 0.29) is 18.1 Å². The number of ether oxygens (including phenoxy) is 1. The van der Waals surface area contributed by atoms with Gasteiger partial charge in [0.2, 0.25) is 0 Å². The number of carbonyl (C=O) groups is 2. The maximum atomic E-state index is 12.8. The maximum Gasteiger partial charge on any atom is 0.340 e. The average Bonchev–Trinajstić information content (AvgIpc) is 3.43. The van der Waals surface area contributed by atoms with Gasteiger partial charge < -0.3 is 19.0 Å². The Morgan fingerprint density at radius 3 is 2.76 bits per heavy atom. The van der Waals surface area contributed by atoms with Gasteiger partial charge in [0.05, 0.1) is 29.9 Å². The Bertz CT molecular complexity index is 1130. The third-order valence-electron chi connectivity index (χ3n) is 5.01. The molecule has 1 fully saturated rings. The Morgan fingerprint density at radius 1 is 1.21 bits per heavy atom. The van der Waals surface area contributed by atoms with E-state index in [1.807, 2.05) is 18.2 Å². The van der Waals surface area contributed by atoms with E-state index in [1.165, 1.54) is 11.2 Å². The molecular weight excluding hydrogens is 396 g/mol. The minimum Gasteiger partial charge on any atom is -0.467 e. The number of nitrogens with zero attached hydrogens (tertiary/aromatic N) is 1. The van der Waals surface area contributed by atoms with Crippen LogP contribution in [0.2, 0.25) is 0 Å². The minimum atomic E-state index is -3.18. The molecule has 29 heavy (non-hydrogen) atoms. The highest BCUT2D eigenvalue weighted by atomic mass is 32.2. The van der Waals surface area contributed by atoms with Crippen molar-refractivity contribution in [3.05, 3.63) is 60.2 Å². The van der Waals surface area contributed by atoms with Gasteiger partial charge in [-0.25, -0.2) is 13.2 Å². The number of carbonyl (C=O) groups excluding carboxylic acids is 2. The van der Waals surface area contributed by atoms with E-state index in [2.05, 4.69) is 4.98 Å². The van der Waals surface area contributed by atoms with Crippen molar-refractivity contribution in [2.24, 2.45) is 0 Å². The predicted octanol–water partition coefficient (Wildman–Crippen LogP) is 2.13. The largest absolute Gasteiger partial charge is 0.467 e. The molecule has 9 heteroatoms. The molecule has 1 aliphatic rings. The Kier molecular flexibility index (Phi) is 5.14. The number of amides is 1. The van der Waals surface area contributed by atoms with Crippen LogP contribution in [0.1, 0.15) is 22.5 Å². The molecule has 1 amide bonds. The lowest BCUT2D eigenvalue weighted by atomic mass is 10.2. The van der Waals surface area contributed by atoms with Crippen LogP contribution in [0.3, 0.4) is 0 Å². The number of sulfone groups is 1. The molecule has 8 nitrogen and oxygen atoms in total. The zero-order chi connectivity index (χ0) is 20.4. The molecule has 0 saturated carbocycles. The summed E-state index contributed by atoms with van der Waals surface area (Å²) < 4.78 is 34.3. The van der Waals surface area contributed by atoms with E-state index in [0.717, 1.165) is 5.52 Å². The van der Waals surface area contributed by atoms with Gasteiger partial charge >= 0.3 is 5.97 Å². The topological polar surface area (TPSA) is 110 Å². The maximum absolute atomic E-state index is 12.8. The molecule has 0 aliphatic carbocycles. The molecule has 3 heterocycles. The summed E-state index contributed by atoms with van der Waals surface area (Å²) in [6, 6.07) is 10.2.